The largest absolute Gasteiger partial charge is 0.444 e. The first-order chi connectivity index (χ1) is 10.9. The van der Waals surface area contributed by atoms with Crippen LogP contribution in [0.5, 0.6) is 0 Å². The highest BCUT2D eigenvalue weighted by Crippen LogP contribution is 2.16. The standard InChI is InChI=1S/C18H25N3O2/c1-18(2,3)23-17(22)21-10-4-5-16(13-21)20-12-15-8-6-14(11-19)7-9-15/h6-9,16,20H,4-5,10,12-13H2,1-3H3/t16-/m0/s1. The summed E-state index contributed by atoms with van der Waals surface area (Å²) in [6.07, 6.45) is 1.79. The first-order valence-corrected chi connectivity index (χ1v) is 8.08. The third-order valence-electron chi connectivity index (χ3n) is 3.75. The molecular weight excluding hydrogens is 290 g/mol. The SMILES string of the molecule is CC(C)(C)OC(=O)N1CCC[C@H](NCc2ccc(C#N)cc2)C1. The maximum Gasteiger partial charge on any atom is 0.410 e. The smallest absolute Gasteiger partial charge is 0.410 e. The summed E-state index contributed by atoms with van der Waals surface area (Å²) >= 11 is 0. The Kier molecular flexibility index (Phi) is 5.62. The van der Waals surface area contributed by atoms with Gasteiger partial charge in [-0.1, -0.05) is 12.1 Å². The number of hydrogen-bond donors (Lipinski definition) is 1. The number of nitrogens with zero attached hydrogens (tertiary/aromatic N) is 2. The number of ether oxygens (including phenoxy) is 1. The van der Waals surface area contributed by atoms with Crippen LogP contribution in [0.1, 0.15) is 44.7 Å². The van der Waals surface area contributed by atoms with E-state index in [4.69, 9.17) is 10.00 Å². The van der Waals surface area contributed by atoms with E-state index in [1.807, 2.05) is 45.0 Å². The molecule has 5 heteroatoms. The predicted octanol–water partition coefficient (Wildman–Crippen LogP) is 3.05. The molecule has 1 amide bonds. The van der Waals surface area contributed by atoms with Gasteiger partial charge in [0, 0.05) is 25.7 Å². The quantitative estimate of drug-likeness (QED) is 0.931. The van der Waals surface area contributed by atoms with Gasteiger partial charge in [0.15, 0.2) is 0 Å². The zero-order chi connectivity index (χ0) is 16.9. The van der Waals surface area contributed by atoms with Crippen molar-refractivity contribution in [3.63, 3.8) is 0 Å². The molecule has 0 unspecified atom stereocenters. The molecule has 1 N–H and O–H groups in total. The fourth-order valence-corrected chi connectivity index (χ4v) is 2.60. The normalized spacial score (nSPS) is 18.3. The first-order valence-electron chi connectivity index (χ1n) is 8.08. The summed E-state index contributed by atoms with van der Waals surface area (Å²) < 4.78 is 5.44. The summed E-state index contributed by atoms with van der Waals surface area (Å²) in [5.74, 6) is 0. The number of amides is 1. The van der Waals surface area contributed by atoms with Crippen molar-refractivity contribution in [1.29, 1.82) is 5.26 Å². The number of rotatable bonds is 3. The molecule has 1 aromatic carbocycles. The minimum Gasteiger partial charge on any atom is -0.444 e. The van der Waals surface area contributed by atoms with Gasteiger partial charge in [-0.3, -0.25) is 0 Å². The number of hydrogen-bond acceptors (Lipinski definition) is 4. The van der Waals surface area contributed by atoms with E-state index in [9.17, 15) is 4.79 Å². The van der Waals surface area contributed by atoms with Gasteiger partial charge < -0.3 is 15.0 Å². The van der Waals surface area contributed by atoms with Crippen LogP contribution in [0.15, 0.2) is 24.3 Å². The van der Waals surface area contributed by atoms with Crippen molar-refractivity contribution in [1.82, 2.24) is 10.2 Å². The third-order valence-corrected chi connectivity index (χ3v) is 3.75. The molecule has 1 fully saturated rings. The van der Waals surface area contributed by atoms with Crippen molar-refractivity contribution in [2.24, 2.45) is 0 Å². The molecule has 1 aliphatic rings. The molecule has 0 spiro atoms. The summed E-state index contributed by atoms with van der Waals surface area (Å²) in [7, 11) is 0. The van der Waals surface area contributed by atoms with Crippen LogP contribution in [0.3, 0.4) is 0 Å². The second-order valence-electron chi connectivity index (χ2n) is 6.96. The van der Waals surface area contributed by atoms with Crippen molar-refractivity contribution in [3.05, 3.63) is 35.4 Å². The molecule has 1 atom stereocenters. The summed E-state index contributed by atoms with van der Waals surface area (Å²) in [4.78, 5) is 13.9. The van der Waals surface area contributed by atoms with E-state index in [-0.39, 0.29) is 12.1 Å². The number of benzene rings is 1. The molecule has 5 nitrogen and oxygen atoms in total. The van der Waals surface area contributed by atoms with E-state index in [1.165, 1.54) is 0 Å². The average Bonchev–Trinajstić information content (AvgIpc) is 2.52. The number of likely N-dealkylation sites (tertiary alicyclic amines) is 1. The lowest BCUT2D eigenvalue weighted by molar-refractivity contribution is 0.0187. The second-order valence-corrected chi connectivity index (χ2v) is 6.96. The Hall–Kier alpha value is -2.06. The highest BCUT2D eigenvalue weighted by Gasteiger charge is 2.27. The minimum absolute atomic E-state index is 0.234. The molecule has 0 bridgehead atoms. The first kappa shape index (κ1) is 17.3. The van der Waals surface area contributed by atoms with Crippen LogP contribution in [0.25, 0.3) is 0 Å². The molecule has 0 radical (unpaired) electrons. The zero-order valence-electron chi connectivity index (χ0n) is 14.1. The maximum atomic E-state index is 12.1. The molecule has 1 aliphatic heterocycles. The van der Waals surface area contributed by atoms with E-state index in [0.29, 0.717) is 12.1 Å². The molecule has 1 saturated heterocycles. The van der Waals surface area contributed by atoms with Crippen LogP contribution in [0.4, 0.5) is 4.79 Å². The van der Waals surface area contributed by atoms with Crippen molar-refractivity contribution in [2.75, 3.05) is 13.1 Å². The Morgan fingerprint density at radius 2 is 2.09 bits per heavy atom. The van der Waals surface area contributed by atoms with Crippen LogP contribution >= 0.6 is 0 Å². The van der Waals surface area contributed by atoms with Gasteiger partial charge in [-0.05, 0) is 51.3 Å². The molecule has 0 saturated carbocycles. The highest BCUT2D eigenvalue weighted by molar-refractivity contribution is 5.68. The average molecular weight is 315 g/mol. The second kappa shape index (κ2) is 7.47. The van der Waals surface area contributed by atoms with E-state index in [2.05, 4.69) is 11.4 Å². The van der Waals surface area contributed by atoms with Crippen molar-refractivity contribution in [3.8, 4) is 6.07 Å². The summed E-state index contributed by atoms with van der Waals surface area (Å²) in [5.41, 5.74) is 1.35. The molecule has 124 valence electrons. The Bertz CT molecular complexity index is 569. The van der Waals surface area contributed by atoms with E-state index < -0.39 is 5.60 Å². The Labute approximate surface area is 138 Å². The van der Waals surface area contributed by atoms with Crippen LogP contribution in [0.2, 0.25) is 0 Å². The van der Waals surface area contributed by atoms with Crippen molar-refractivity contribution in [2.45, 2.75) is 51.8 Å². The van der Waals surface area contributed by atoms with Gasteiger partial charge in [-0.25, -0.2) is 4.79 Å². The van der Waals surface area contributed by atoms with Crippen LogP contribution in [-0.4, -0.2) is 35.7 Å². The Morgan fingerprint density at radius 3 is 2.70 bits per heavy atom. The van der Waals surface area contributed by atoms with Gasteiger partial charge in [-0.2, -0.15) is 5.26 Å². The molecular formula is C18H25N3O2. The van der Waals surface area contributed by atoms with Gasteiger partial charge in [0.25, 0.3) is 0 Å². The lowest BCUT2D eigenvalue weighted by Gasteiger charge is -2.34. The number of carbonyl (C=O) groups is 1. The lowest BCUT2D eigenvalue weighted by Crippen LogP contribution is -2.49. The molecule has 1 heterocycles. The number of nitrogens with one attached hydrogen (secondary N) is 1. The third kappa shape index (κ3) is 5.57. The predicted molar refractivity (Wildman–Crippen MR) is 88.8 cm³/mol. The van der Waals surface area contributed by atoms with Gasteiger partial charge in [0.05, 0.1) is 11.6 Å². The van der Waals surface area contributed by atoms with E-state index in [0.717, 1.165) is 31.5 Å². The molecule has 0 aliphatic carbocycles. The van der Waals surface area contributed by atoms with Crippen LogP contribution in [0, 0.1) is 11.3 Å². The summed E-state index contributed by atoms with van der Waals surface area (Å²) in [5, 5.41) is 12.3. The summed E-state index contributed by atoms with van der Waals surface area (Å²) in [6.45, 7) is 7.81. The highest BCUT2D eigenvalue weighted by atomic mass is 16.6. The van der Waals surface area contributed by atoms with Gasteiger partial charge in [0.1, 0.15) is 5.60 Å². The summed E-state index contributed by atoms with van der Waals surface area (Å²) in [6, 6.07) is 9.95. The maximum absolute atomic E-state index is 12.1. The topological polar surface area (TPSA) is 65.4 Å². The molecule has 0 aromatic heterocycles. The van der Waals surface area contributed by atoms with Crippen molar-refractivity contribution >= 4 is 6.09 Å². The fourth-order valence-electron chi connectivity index (χ4n) is 2.60. The fraction of sp³-hybridized carbons (Fsp3) is 0.556. The molecule has 2 rings (SSSR count). The zero-order valence-corrected chi connectivity index (χ0v) is 14.1. The van der Waals surface area contributed by atoms with Gasteiger partial charge >= 0.3 is 6.09 Å². The molecule has 1 aromatic rings. The number of piperidine rings is 1. The van der Waals surface area contributed by atoms with Gasteiger partial charge in [0.2, 0.25) is 0 Å². The Balaban J connectivity index is 1.84. The number of nitriles is 1. The van der Waals surface area contributed by atoms with Crippen LogP contribution in [-0.2, 0) is 11.3 Å². The minimum atomic E-state index is -0.458. The monoisotopic (exact) mass is 315 g/mol. The Morgan fingerprint density at radius 1 is 1.39 bits per heavy atom. The van der Waals surface area contributed by atoms with Crippen LogP contribution < -0.4 is 5.32 Å². The van der Waals surface area contributed by atoms with E-state index in [1.54, 1.807) is 4.90 Å². The lowest BCUT2D eigenvalue weighted by atomic mass is 10.1. The van der Waals surface area contributed by atoms with Gasteiger partial charge in [-0.15, -0.1) is 0 Å². The molecule has 23 heavy (non-hydrogen) atoms. The number of carbonyl (C=O) groups excluding carboxylic acids is 1. The van der Waals surface area contributed by atoms with Crippen molar-refractivity contribution < 1.29 is 9.53 Å². The van der Waals surface area contributed by atoms with E-state index >= 15 is 0 Å².